The highest BCUT2D eigenvalue weighted by Gasteiger charge is 2.31. The third kappa shape index (κ3) is 3.08. The molecule has 4 heterocycles. The first kappa shape index (κ1) is 16.7. The maximum atomic E-state index is 12.8. The van der Waals surface area contributed by atoms with Gasteiger partial charge >= 0.3 is 0 Å². The first-order chi connectivity index (χ1) is 12.5. The second kappa shape index (κ2) is 6.54. The average molecular weight is 375 g/mol. The largest absolute Gasteiger partial charge is 0.438 e. The van der Waals surface area contributed by atoms with Gasteiger partial charge in [0.1, 0.15) is 5.82 Å². The van der Waals surface area contributed by atoms with E-state index >= 15 is 0 Å². The van der Waals surface area contributed by atoms with E-state index in [0.29, 0.717) is 32.1 Å². The molecule has 10 heteroatoms. The number of furan rings is 1. The van der Waals surface area contributed by atoms with Gasteiger partial charge in [0.2, 0.25) is 11.0 Å². The molecule has 9 nitrogen and oxygen atoms in total. The van der Waals surface area contributed by atoms with E-state index in [1.807, 2.05) is 18.2 Å². The summed E-state index contributed by atoms with van der Waals surface area (Å²) in [5.74, 6) is 1.61. The highest BCUT2D eigenvalue weighted by molar-refractivity contribution is 7.89. The number of anilines is 1. The van der Waals surface area contributed by atoms with Crippen LogP contribution in [0, 0.1) is 6.92 Å². The molecule has 26 heavy (non-hydrogen) atoms. The van der Waals surface area contributed by atoms with Crippen molar-refractivity contribution in [2.45, 2.75) is 12.0 Å². The van der Waals surface area contributed by atoms with Crippen molar-refractivity contribution in [2.75, 3.05) is 31.1 Å². The van der Waals surface area contributed by atoms with Gasteiger partial charge in [-0.3, -0.25) is 0 Å². The fourth-order valence-electron chi connectivity index (χ4n) is 2.80. The maximum Gasteiger partial charge on any atom is 0.283 e. The summed E-state index contributed by atoms with van der Waals surface area (Å²) in [6.07, 6.45) is 1.72. The molecular formula is C16H17N5O4S. The molecule has 3 aromatic heterocycles. The highest BCUT2D eigenvalue weighted by Crippen LogP contribution is 2.26. The maximum absolute atomic E-state index is 12.8. The minimum absolute atomic E-state index is 0.130. The van der Waals surface area contributed by atoms with E-state index in [1.165, 1.54) is 16.4 Å². The molecule has 0 saturated carbocycles. The molecule has 0 aromatic carbocycles. The molecule has 1 saturated heterocycles. The van der Waals surface area contributed by atoms with Crippen LogP contribution in [0.15, 0.2) is 50.5 Å². The molecule has 0 unspecified atom stereocenters. The molecule has 3 aromatic rings. The van der Waals surface area contributed by atoms with Crippen molar-refractivity contribution >= 4 is 15.8 Å². The van der Waals surface area contributed by atoms with Gasteiger partial charge in [0.15, 0.2) is 5.76 Å². The Balaban J connectivity index is 1.49. The molecule has 1 fully saturated rings. The summed E-state index contributed by atoms with van der Waals surface area (Å²) in [4.78, 5) is 6.36. The number of hydrogen-bond acceptors (Lipinski definition) is 8. The minimum Gasteiger partial charge on any atom is -0.438 e. The van der Waals surface area contributed by atoms with Gasteiger partial charge in [0, 0.05) is 39.3 Å². The Morgan fingerprint density at radius 1 is 1.00 bits per heavy atom. The Morgan fingerprint density at radius 2 is 1.81 bits per heavy atom. The van der Waals surface area contributed by atoms with E-state index in [1.54, 1.807) is 13.1 Å². The van der Waals surface area contributed by atoms with Crippen molar-refractivity contribution < 1.29 is 17.3 Å². The summed E-state index contributed by atoms with van der Waals surface area (Å²) < 4.78 is 37.8. The standard InChI is InChI=1S/C16H17N5O4S/c1-12-18-19-16(24-12)13-5-6-15(25-13)26(22,23)21-10-8-20(9-11-21)14-4-2-3-7-17-14/h2-7H,8-11H2,1H3. The van der Waals surface area contributed by atoms with Gasteiger partial charge in [-0.2, -0.15) is 4.31 Å². The highest BCUT2D eigenvalue weighted by atomic mass is 32.2. The van der Waals surface area contributed by atoms with Crippen LogP contribution >= 0.6 is 0 Å². The molecule has 4 rings (SSSR count). The second-order valence-corrected chi connectivity index (χ2v) is 7.69. The number of nitrogens with zero attached hydrogens (tertiary/aromatic N) is 5. The van der Waals surface area contributed by atoms with E-state index in [2.05, 4.69) is 20.1 Å². The van der Waals surface area contributed by atoms with Gasteiger partial charge in [0.25, 0.3) is 15.9 Å². The van der Waals surface area contributed by atoms with Crippen molar-refractivity contribution in [1.29, 1.82) is 0 Å². The van der Waals surface area contributed by atoms with Crippen LogP contribution in [0.3, 0.4) is 0 Å². The van der Waals surface area contributed by atoms with Crippen molar-refractivity contribution in [2.24, 2.45) is 0 Å². The summed E-state index contributed by atoms with van der Waals surface area (Å²) in [6.45, 7) is 3.49. The average Bonchev–Trinajstić information content (AvgIpc) is 3.32. The molecule has 0 radical (unpaired) electrons. The van der Waals surface area contributed by atoms with Crippen molar-refractivity contribution in [3.63, 3.8) is 0 Å². The number of aromatic nitrogens is 3. The third-order valence-corrected chi connectivity index (χ3v) is 5.90. The normalized spacial score (nSPS) is 16.1. The number of pyridine rings is 1. The SMILES string of the molecule is Cc1nnc(-c2ccc(S(=O)(=O)N3CCN(c4ccccn4)CC3)o2)o1. The van der Waals surface area contributed by atoms with Crippen LogP contribution in [-0.4, -0.2) is 54.1 Å². The molecular weight excluding hydrogens is 358 g/mol. The summed E-state index contributed by atoms with van der Waals surface area (Å²) in [5.41, 5.74) is 0. The topological polar surface area (TPSA) is 106 Å². The number of piperazine rings is 1. The molecule has 0 aliphatic carbocycles. The molecule has 1 aliphatic heterocycles. The number of aryl methyl sites for hydroxylation is 1. The molecule has 0 spiro atoms. The summed E-state index contributed by atoms with van der Waals surface area (Å²) in [7, 11) is -3.72. The lowest BCUT2D eigenvalue weighted by Crippen LogP contribution is -2.48. The van der Waals surface area contributed by atoms with Crippen LogP contribution in [0.25, 0.3) is 11.7 Å². The zero-order valence-electron chi connectivity index (χ0n) is 14.1. The number of hydrogen-bond donors (Lipinski definition) is 0. The van der Waals surface area contributed by atoms with Gasteiger partial charge in [-0.05, 0) is 24.3 Å². The number of rotatable bonds is 4. The Hall–Kier alpha value is -2.72. The van der Waals surface area contributed by atoms with Gasteiger partial charge in [-0.15, -0.1) is 10.2 Å². The molecule has 0 N–H and O–H groups in total. The van der Waals surface area contributed by atoms with Crippen LogP contribution < -0.4 is 4.90 Å². The molecule has 0 amide bonds. The lowest BCUT2D eigenvalue weighted by atomic mass is 10.3. The lowest BCUT2D eigenvalue weighted by molar-refractivity contribution is 0.361. The molecule has 1 aliphatic rings. The van der Waals surface area contributed by atoms with Crippen LogP contribution in [-0.2, 0) is 10.0 Å². The van der Waals surface area contributed by atoms with Crippen molar-refractivity contribution in [1.82, 2.24) is 19.5 Å². The van der Waals surface area contributed by atoms with E-state index in [-0.39, 0.29) is 16.7 Å². The van der Waals surface area contributed by atoms with Gasteiger partial charge < -0.3 is 13.7 Å². The Morgan fingerprint density at radius 3 is 2.46 bits per heavy atom. The Kier molecular flexibility index (Phi) is 4.21. The van der Waals surface area contributed by atoms with E-state index < -0.39 is 10.0 Å². The zero-order valence-corrected chi connectivity index (χ0v) is 14.9. The quantitative estimate of drug-likeness (QED) is 0.676. The predicted molar refractivity (Wildman–Crippen MR) is 91.9 cm³/mol. The third-order valence-electron chi connectivity index (χ3n) is 4.12. The van der Waals surface area contributed by atoms with Crippen LogP contribution in [0.1, 0.15) is 5.89 Å². The number of sulfonamides is 1. The predicted octanol–water partition coefficient (Wildman–Crippen LogP) is 1.54. The van der Waals surface area contributed by atoms with E-state index in [4.69, 9.17) is 8.83 Å². The van der Waals surface area contributed by atoms with Gasteiger partial charge in [0.05, 0.1) is 0 Å². The first-order valence-corrected chi connectivity index (χ1v) is 9.54. The van der Waals surface area contributed by atoms with Crippen LogP contribution in [0.2, 0.25) is 0 Å². The van der Waals surface area contributed by atoms with Gasteiger partial charge in [-0.1, -0.05) is 6.07 Å². The fraction of sp³-hybridized carbons (Fsp3) is 0.312. The van der Waals surface area contributed by atoms with E-state index in [9.17, 15) is 8.42 Å². The molecule has 0 atom stereocenters. The van der Waals surface area contributed by atoms with Crippen molar-refractivity contribution in [3.8, 4) is 11.7 Å². The minimum atomic E-state index is -3.72. The van der Waals surface area contributed by atoms with Crippen molar-refractivity contribution in [3.05, 3.63) is 42.4 Å². The lowest BCUT2D eigenvalue weighted by Gasteiger charge is -2.34. The summed E-state index contributed by atoms with van der Waals surface area (Å²) in [6, 6.07) is 8.60. The Labute approximate surface area is 150 Å². The first-order valence-electron chi connectivity index (χ1n) is 8.10. The van der Waals surface area contributed by atoms with Crippen LogP contribution in [0.4, 0.5) is 5.82 Å². The zero-order chi connectivity index (χ0) is 18.1. The Bertz CT molecular complexity index is 991. The monoisotopic (exact) mass is 375 g/mol. The fourth-order valence-corrected chi connectivity index (χ4v) is 4.13. The van der Waals surface area contributed by atoms with Gasteiger partial charge in [-0.25, -0.2) is 13.4 Å². The molecule has 0 bridgehead atoms. The molecule has 136 valence electrons. The second-order valence-electron chi connectivity index (χ2n) is 5.82. The van der Waals surface area contributed by atoms with Crippen LogP contribution in [0.5, 0.6) is 0 Å². The summed E-state index contributed by atoms with van der Waals surface area (Å²) in [5, 5.41) is 7.42. The van der Waals surface area contributed by atoms with E-state index in [0.717, 1.165) is 5.82 Å². The summed E-state index contributed by atoms with van der Waals surface area (Å²) >= 11 is 0. The smallest absolute Gasteiger partial charge is 0.283 e.